The standard InChI is InChI=1S/C22H23F2NO10S/c1-30-14-11-17(32-3)15(18(12-14)33-4)8-9-36(28,29)25-13-6-7-16(31-2)19(10-13)35-21(27)22(23,24)20(26)34-5/h6-12,25H,1-5H3. The molecule has 0 fully saturated rings. The van der Waals surface area contributed by atoms with Gasteiger partial charge in [-0.15, -0.1) is 0 Å². The molecule has 0 aliphatic carbocycles. The van der Waals surface area contributed by atoms with Crippen LogP contribution < -0.4 is 28.4 Å². The number of alkyl halides is 2. The van der Waals surface area contributed by atoms with Crippen molar-refractivity contribution < 1.29 is 55.2 Å². The van der Waals surface area contributed by atoms with Gasteiger partial charge >= 0.3 is 17.9 Å². The van der Waals surface area contributed by atoms with Crippen LogP contribution in [0.15, 0.2) is 35.7 Å². The molecular formula is C22H23F2NO10S. The number of nitrogens with one attached hydrogen (secondary N) is 1. The first kappa shape index (κ1) is 28.2. The Hall–Kier alpha value is -4.07. The van der Waals surface area contributed by atoms with E-state index in [0.717, 1.165) is 24.7 Å². The quantitative estimate of drug-likeness (QED) is 0.262. The van der Waals surface area contributed by atoms with E-state index in [9.17, 15) is 26.8 Å². The van der Waals surface area contributed by atoms with E-state index in [1.54, 1.807) is 0 Å². The first-order valence-corrected chi connectivity index (χ1v) is 11.3. The molecule has 1 N–H and O–H groups in total. The van der Waals surface area contributed by atoms with Crippen molar-refractivity contribution in [1.29, 1.82) is 0 Å². The van der Waals surface area contributed by atoms with E-state index in [4.69, 9.17) is 18.9 Å². The lowest BCUT2D eigenvalue weighted by Gasteiger charge is -2.15. The molecule has 14 heteroatoms. The average molecular weight is 531 g/mol. The second kappa shape index (κ2) is 11.6. The molecule has 11 nitrogen and oxygen atoms in total. The SMILES string of the molecule is COC(=O)C(F)(F)C(=O)Oc1cc(NS(=O)(=O)C=Cc2c(OC)cc(OC)cc2OC)ccc1OC. The van der Waals surface area contributed by atoms with Gasteiger partial charge in [-0.3, -0.25) is 4.72 Å². The van der Waals surface area contributed by atoms with Crippen LogP contribution in [0.2, 0.25) is 0 Å². The topological polar surface area (TPSA) is 136 Å². The van der Waals surface area contributed by atoms with Crippen molar-refractivity contribution in [2.75, 3.05) is 40.3 Å². The Morgan fingerprint density at radius 2 is 1.42 bits per heavy atom. The van der Waals surface area contributed by atoms with E-state index in [-0.39, 0.29) is 22.9 Å². The van der Waals surface area contributed by atoms with Crippen LogP contribution in [0.25, 0.3) is 6.08 Å². The van der Waals surface area contributed by atoms with Crippen LogP contribution in [0.3, 0.4) is 0 Å². The highest BCUT2D eigenvalue weighted by molar-refractivity contribution is 7.95. The Morgan fingerprint density at radius 1 is 0.833 bits per heavy atom. The van der Waals surface area contributed by atoms with Crippen LogP contribution in [-0.4, -0.2) is 61.8 Å². The average Bonchev–Trinajstić information content (AvgIpc) is 2.86. The molecule has 196 valence electrons. The normalized spacial score (nSPS) is 11.5. The Bertz CT molecular complexity index is 1240. The maximum absolute atomic E-state index is 13.8. The molecule has 36 heavy (non-hydrogen) atoms. The molecule has 0 heterocycles. The first-order valence-electron chi connectivity index (χ1n) is 9.79. The van der Waals surface area contributed by atoms with Crippen molar-refractivity contribution in [1.82, 2.24) is 0 Å². The van der Waals surface area contributed by atoms with E-state index in [1.807, 2.05) is 0 Å². The van der Waals surface area contributed by atoms with Gasteiger partial charge in [-0.1, -0.05) is 0 Å². The summed E-state index contributed by atoms with van der Waals surface area (Å²) in [6, 6.07) is 6.36. The highest BCUT2D eigenvalue weighted by atomic mass is 32.2. The number of ether oxygens (including phenoxy) is 6. The van der Waals surface area contributed by atoms with Gasteiger partial charge in [-0.25, -0.2) is 18.0 Å². The number of carbonyl (C=O) groups is 2. The van der Waals surface area contributed by atoms with Gasteiger partial charge in [-0.2, -0.15) is 8.78 Å². The van der Waals surface area contributed by atoms with Gasteiger partial charge in [-0.05, 0) is 18.2 Å². The zero-order valence-corrected chi connectivity index (χ0v) is 20.6. The largest absolute Gasteiger partial charge is 0.496 e. The lowest BCUT2D eigenvalue weighted by atomic mass is 10.1. The molecule has 0 saturated carbocycles. The number of benzene rings is 2. The van der Waals surface area contributed by atoms with Crippen LogP contribution >= 0.6 is 0 Å². The second-order valence-electron chi connectivity index (χ2n) is 6.72. The Labute approximate surface area is 205 Å². The lowest BCUT2D eigenvalue weighted by Crippen LogP contribution is -2.41. The van der Waals surface area contributed by atoms with Gasteiger partial charge in [0.1, 0.15) is 17.2 Å². The third kappa shape index (κ3) is 6.53. The lowest BCUT2D eigenvalue weighted by molar-refractivity contribution is -0.183. The summed E-state index contributed by atoms with van der Waals surface area (Å²) < 4.78 is 84.1. The van der Waals surface area contributed by atoms with Crippen LogP contribution in [0, 0.1) is 0 Å². The number of rotatable bonds is 11. The van der Waals surface area contributed by atoms with Crippen LogP contribution in [0.1, 0.15) is 5.56 Å². The van der Waals surface area contributed by atoms with Gasteiger partial charge in [0.2, 0.25) is 0 Å². The van der Waals surface area contributed by atoms with Gasteiger partial charge in [0.05, 0.1) is 52.2 Å². The van der Waals surface area contributed by atoms with Gasteiger partial charge < -0.3 is 28.4 Å². The van der Waals surface area contributed by atoms with Crippen LogP contribution in [0.4, 0.5) is 14.5 Å². The fourth-order valence-electron chi connectivity index (χ4n) is 2.75. The number of anilines is 1. The zero-order valence-electron chi connectivity index (χ0n) is 19.8. The number of esters is 2. The first-order chi connectivity index (χ1) is 16.9. The summed E-state index contributed by atoms with van der Waals surface area (Å²) in [5, 5.41) is 0.807. The molecule has 2 rings (SSSR count). The van der Waals surface area contributed by atoms with E-state index >= 15 is 0 Å². The molecule has 0 amide bonds. The number of methoxy groups -OCH3 is 5. The number of hydrogen-bond acceptors (Lipinski definition) is 10. The van der Waals surface area contributed by atoms with Crippen LogP contribution in [-0.2, 0) is 24.3 Å². The molecule has 0 atom stereocenters. The van der Waals surface area contributed by atoms with Crippen LogP contribution in [0.5, 0.6) is 28.7 Å². The minimum absolute atomic E-state index is 0.168. The van der Waals surface area contributed by atoms with E-state index in [0.29, 0.717) is 18.4 Å². The van der Waals surface area contributed by atoms with E-state index in [1.165, 1.54) is 45.6 Å². The minimum Gasteiger partial charge on any atom is -0.496 e. The molecule has 0 unspecified atom stereocenters. The number of hydrogen-bond donors (Lipinski definition) is 1. The Balaban J connectivity index is 2.34. The van der Waals surface area contributed by atoms with Crippen molar-refractivity contribution in [3.05, 3.63) is 41.3 Å². The summed E-state index contributed by atoms with van der Waals surface area (Å²) in [7, 11) is 1.84. The molecule has 0 aliphatic heterocycles. The summed E-state index contributed by atoms with van der Waals surface area (Å²) in [6.45, 7) is 0. The molecule has 0 aliphatic rings. The van der Waals surface area contributed by atoms with E-state index < -0.39 is 33.6 Å². The third-order valence-corrected chi connectivity index (χ3v) is 5.51. The third-order valence-electron chi connectivity index (χ3n) is 4.49. The molecule has 0 saturated heterocycles. The molecule has 2 aromatic carbocycles. The fraction of sp³-hybridized carbons (Fsp3) is 0.273. The Kier molecular flexibility index (Phi) is 9.06. The maximum Gasteiger partial charge on any atom is 0.437 e. The van der Waals surface area contributed by atoms with E-state index in [2.05, 4.69) is 14.2 Å². The van der Waals surface area contributed by atoms with Gasteiger partial charge in [0, 0.05) is 18.2 Å². The van der Waals surface area contributed by atoms with Crippen molar-refractivity contribution in [3.63, 3.8) is 0 Å². The number of halogens is 2. The molecule has 0 aromatic heterocycles. The Morgan fingerprint density at radius 3 is 1.92 bits per heavy atom. The molecule has 0 spiro atoms. The smallest absolute Gasteiger partial charge is 0.437 e. The predicted molar refractivity (Wildman–Crippen MR) is 123 cm³/mol. The minimum atomic E-state index is -4.60. The molecule has 2 aromatic rings. The number of carbonyl (C=O) groups excluding carboxylic acids is 2. The monoisotopic (exact) mass is 531 g/mol. The molecule has 0 radical (unpaired) electrons. The van der Waals surface area contributed by atoms with Gasteiger partial charge in [0.15, 0.2) is 11.5 Å². The highest BCUT2D eigenvalue weighted by Gasteiger charge is 2.51. The van der Waals surface area contributed by atoms with Crippen molar-refractivity contribution in [3.8, 4) is 28.7 Å². The zero-order chi connectivity index (χ0) is 27.1. The molecule has 0 bridgehead atoms. The second-order valence-corrected chi connectivity index (χ2v) is 8.28. The summed E-state index contributed by atoms with van der Waals surface area (Å²) in [4.78, 5) is 23.0. The summed E-state index contributed by atoms with van der Waals surface area (Å²) in [6.07, 6.45) is 1.21. The van der Waals surface area contributed by atoms with Crippen molar-refractivity contribution in [2.24, 2.45) is 0 Å². The maximum atomic E-state index is 13.8. The fourth-order valence-corrected chi connectivity index (χ4v) is 3.59. The molecular weight excluding hydrogens is 508 g/mol. The van der Waals surface area contributed by atoms with Crippen molar-refractivity contribution in [2.45, 2.75) is 5.92 Å². The van der Waals surface area contributed by atoms with Gasteiger partial charge in [0.25, 0.3) is 10.0 Å². The summed E-state index contributed by atoms with van der Waals surface area (Å²) in [5.41, 5.74) is 0.124. The summed E-state index contributed by atoms with van der Waals surface area (Å²) in [5.74, 6) is -8.78. The summed E-state index contributed by atoms with van der Waals surface area (Å²) >= 11 is 0. The highest BCUT2D eigenvalue weighted by Crippen LogP contribution is 2.36. The predicted octanol–water partition coefficient (Wildman–Crippen LogP) is 2.85. The number of sulfonamides is 1. The van der Waals surface area contributed by atoms with Crippen molar-refractivity contribution >= 4 is 33.7 Å².